The number of rotatable bonds is 3. The van der Waals surface area contributed by atoms with E-state index in [2.05, 4.69) is 230 Å². The Morgan fingerprint density at radius 3 is 1.72 bits per heavy atom. The molecule has 0 atom stereocenters. The molecule has 318 valence electrons. The molecule has 0 spiro atoms. The number of nitrogens with zero attached hydrogens (tertiary/aromatic N) is 2. The molecule has 5 heteroatoms. The monoisotopic (exact) mass is 860 g/mol. The van der Waals surface area contributed by atoms with E-state index in [0.29, 0.717) is 0 Å². The minimum atomic E-state index is -0.137. The summed E-state index contributed by atoms with van der Waals surface area (Å²) in [6.45, 7) is 20.9. The molecule has 0 saturated heterocycles. The second-order valence-electron chi connectivity index (χ2n) is 21.4. The maximum Gasteiger partial charge on any atom is 0.252 e. The Bertz CT molecular complexity index is 3560. The topological polar surface area (TPSA) is 19.6 Å². The summed E-state index contributed by atoms with van der Waals surface area (Å²) in [7, 11) is 0. The van der Waals surface area contributed by atoms with Crippen LogP contribution in [0.3, 0.4) is 0 Å². The maximum atomic E-state index is 7.05. The summed E-state index contributed by atoms with van der Waals surface area (Å²) in [6, 6.07) is 59.7. The predicted octanol–water partition coefficient (Wildman–Crippen LogP) is 15.6. The summed E-state index contributed by atoms with van der Waals surface area (Å²) in [6.07, 6.45) is 0. The summed E-state index contributed by atoms with van der Waals surface area (Å²) in [5, 5.41) is 4.90. The van der Waals surface area contributed by atoms with Crippen molar-refractivity contribution >= 4 is 111 Å². The third-order valence-corrected chi connectivity index (χ3v) is 15.3. The zero-order valence-corrected chi connectivity index (χ0v) is 39.6. The minimum Gasteiger partial charge on any atom is -0.454 e. The molecular weight excluding hydrogens is 808 g/mol. The Morgan fingerprint density at radius 1 is 0.431 bits per heavy atom. The van der Waals surface area contributed by atoms with E-state index in [1.165, 1.54) is 87.1 Å². The first-order valence-electron chi connectivity index (χ1n) is 23.1. The Kier molecular flexibility index (Phi) is 8.60. The molecule has 4 heterocycles. The molecule has 12 rings (SSSR count). The van der Waals surface area contributed by atoms with Crippen LogP contribution in [0.4, 0.5) is 34.1 Å². The smallest absolute Gasteiger partial charge is 0.252 e. The normalized spacial score (nSPS) is 13.8. The van der Waals surface area contributed by atoms with Crippen LogP contribution in [0.5, 0.6) is 0 Å². The van der Waals surface area contributed by atoms with E-state index in [9.17, 15) is 0 Å². The van der Waals surface area contributed by atoms with E-state index in [4.69, 9.17) is 4.42 Å². The van der Waals surface area contributed by atoms with Gasteiger partial charge in [0.05, 0.1) is 5.69 Å². The fraction of sp³-hybridized carbons (Fsp3) is 0.200. The molecule has 0 radical (unpaired) electrons. The minimum absolute atomic E-state index is 0.0292. The van der Waals surface area contributed by atoms with E-state index in [0.717, 1.165) is 33.3 Å². The van der Waals surface area contributed by atoms with Crippen molar-refractivity contribution in [1.29, 1.82) is 0 Å². The number of thiophene rings is 1. The quantitative estimate of drug-likeness (QED) is 0.165. The molecular formula is C60H53BN2OS. The Morgan fingerprint density at radius 2 is 1.00 bits per heavy atom. The fourth-order valence-electron chi connectivity index (χ4n) is 10.5. The number of furan rings is 1. The molecule has 2 aliphatic rings. The van der Waals surface area contributed by atoms with E-state index in [1.54, 1.807) is 0 Å². The van der Waals surface area contributed by atoms with Gasteiger partial charge in [-0.05, 0) is 127 Å². The third kappa shape index (κ3) is 6.22. The van der Waals surface area contributed by atoms with Crippen LogP contribution < -0.4 is 26.2 Å². The number of para-hydroxylation sites is 1. The number of fused-ring (bicyclic) bond motifs is 11. The molecule has 8 aromatic carbocycles. The second kappa shape index (κ2) is 14.0. The van der Waals surface area contributed by atoms with Crippen molar-refractivity contribution < 1.29 is 4.42 Å². The van der Waals surface area contributed by atoms with Crippen molar-refractivity contribution in [3.8, 4) is 11.1 Å². The van der Waals surface area contributed by atoms with Crippen molar-refractivity contribution in [2.75, 3.05) is 9.80 Å². The largest absolute Gasteiger partial charge is 0.454 e. The van der Waals surface area contributed by atoms with Crippen LogP contribution in [-0.2, 0) is 16.2 Å². The van der Waals surface area contributed by atoms with E-state index < -0.39 is 0 Å². The lowest BCUT2D eigenvalue weighted by Gasteiger charge is -2.45. The molecule has 0 fully saturated rings. The maximum absolute atomic E-state index is 7.05. The van der Waals surface area contributed by atoms with Gasteiger partial charge in [0.1, 0.15) is 5.58 Å². The van der Waals surface area contributed by atoms with Crippen molar-refractivity contribution in [2.24, 2.45) is 0 Å². The van der Waals surface area contributed by atoms with Gasteiger partial charge in [-0.25, -0.2) is 0 Å². The summed E-state index contributed by atoms with van der Waals surface area (Å²) < 4.78 is 9.69. The average Bonchev–Trinajstić information content (AvgIpc) is 3.86. The summed E-state index contributed by atoms with van der Waals surface area (Å²) in [5.41, 5.74) is 19.0. The number of anilines is 6. The average molecular weight is 861 g/mol. The van der Waals surface area contributed by atoms with Crippen LogP contribution in [0.15, 0.2) is 162 Å². The Labute approximate surface area is 387 Å². The molecule has 10 aromatic rings. The highest BCUT2D eigenvalue weighted by molar-refractivity contribution is 7.25. The SMILES string of the molecule is CC(C)(C)c1ccc(N2c3cc(C(C)(C)C)ccc3B3c4ccc5c(oc6ccccc65)c4N(c4ccc(-c5ccc6sc7ccccc7c6c5)cc4)c4cc(C(C)(C)C)cc2c43)cc1. The van der Waals surface area contributed by atoms with Crippen LogP contribution in [0.25, 0.3) is 53.2 Å². The lowest BCUT2D eigenvalue weighted by Crippen LogP contribution is -2.61. The number of benzene rings is 8. The van der Waals surface area contributed by atoms with Crippen molar-refractivity contribution in [3.63, 3.8) is 0 Å². The van der Waals surface area contributed by atoms with Gasteiger partial charge in [-0.2, -0.15) is 0 Å². The van der Waals surface area contributed by atoms with E-state index in [1.807, 2.05) is 11.3 Å². The van der Waals surface area contributed by atoms with E-state index >= 15 is 0 Å². The zero-order chi connectivity index (χ0) is 44.7. The lowest BCUT2D eigenvalue weighted by molar-refractivity contribution is 0.589. The van der Waals surface area contributed by atoms with Gasteiger partial charge in [0.15, 0.2) is 5.58 Å². The van der Waals surface area contributed by atoms with Crippen LogP contribution in [-0.4, -0.2) is 6.71 Å². The summed E-state index contributed by atoms with van der Waals surface area (Å²) in [4.78, 5) is 5.09. The van der Waals surface area contributed by atoms with Crippen LogP contribution >= 0.6 is 11.3 Å². The van der Waals surface area contributed by atoms with Crippen molar-refractivity contribution in [3.05, 3.63) is 174 Å². The molecule has 0 amide bonds. The summed E-state index contributed by atoms with van der Waals surface area (Å²) in [5.74, 6) is 0. The van der Waals surface area contributed by atoms with Gasteiger partial charge in [-0.15, -0.1) is 11.3 Å². The van der Waals surface area contributed by atoms with Gasteiger partial charge in [0.2, 0.25) is 0 Å². The van der Waals surface area contributed by atoms with Crippen molar-refractivity contribution in [1.82, 2.24) is 0 Å². The Hall–Kier alpha value is -6.56. The molecule has 0 N–H and O–H groups in total. The molecule has 0 aliphatic carbocycles. The van der Waals surface area contributed by atoms with E-state index in [-0.39, 0.29) is 23.0 Å². The standard InChI is InChI=1S/C60H53BN2OS/c1-58(2,3)38-21-26-41(27-22-38)62-49-33-39(59(4,5)6)23-29-47(49)61-48-30-28-45-43-14-10-12-16-52(43)64-57(45)56(48)63(51-35-40(60(7,8)9)34-50(62)55(51)61)42-24-18-36(19-25-42)37-20-31-54-46(32-37)44-15-11-13-17-53(44)65-54/h10-35H,1-9H3. The predicted molar refractivity (Wildman–Crippen MR) is 282 cm³/mol. The van der Waals surface area contributed by atoms with Crippen LogP contribution in [0.1, 0.15) is 79.0 Å². The molecule has 2 aromatic heterocycles. The van der Waals surface area contributed by atoms with Gasteiger partial charge in [-0.1, -0.05) is 153 Å². The first-order chi connectivity index (χ1) is 31.1. The molecule has 2 aliphatic heterocycles. The highest BCUT2D eigenvalue weighted by Gasteiger charge is 2.45. The molecule has 0 bridgehead atoms. The molecule has 0 saturated carbocycles. The zero-order valence-electron chi connectivity index (χ0n) is 38.8. The van der Waals surface area contributed by atoms with Crippen LogP contribution in [0, 0.1) is 0 Å². The van der Waals surface area contributed by atoms with Gasteiger partial charge < -0.3 is 14.2 Å². The van der Waals surface area contributed by atoms with Gasteiger partial charge in [0, 0.05) is 59.4 Å². The third-order valence-electron chi connectivity index (χ3n) is 14.1. The fourth-order valence-corrected chi connectivity index (χ4v) is 11.6. The first-order valence-corrected chi connectivity index (χ1v) is 23.9. The Balaban J connectivity index is 1.14. The molecule has 65 heavy (non-hydrogen) atoms. The number of hydrogen-bond acceptors (Lipinski definition) is 4. The molecule has 3 nitrogen and oxygen atoms in total. The van der Waals surface area contributed by atoms with Crippen LogP contribution in [0.2, 0.25) is 0 Å². The highest BCUT2D eigenvalue weighted by Crippen LogP contribution is 2.50. The molecule has 0 unspecified atom stereocenters. The van der Waals surface area contributed by atoms with Crippen molar-refractivity contribution in [2.45, 2.75) is 78.6 Å². The summed E-state index contributed by atoms with van der Waals surface area (Å²) >= 11 is 1.86. The second-order valence-corrected chi connectivity index (χ2v) is 22.5. The van der Waals surface area contributed by atoms with Gasteiger partial charge in [0.25, 0.3) is 6.71 Å². The van der Waals surface area contributed by atoms with Gasteiger partial charge in [-0.3, -0.25) is 0 Å². The lowest BCUT2D eigenvalue weighted by atomic mass is 9.33. The number of hydrogen-bond donors (Lipinski definition) is 0. The highest BCUT2D eigenvalue weighted by atomic mass is 32.1. The first kappa shape index (κ1) is 40.0. The van der Waals surface area contributed by atoms with Gasteiger partial charge >= 0.3 is 0 Å².